The summed E-state index contributed by atoms with van der Waals surface area (Å²) in [6.07, 6.45) is 0. The maximum Gasteiger partial charge on any atom is 0.337 e. The van der Waals surface area contributed by atoms with Gasteiger partial charge in [-0.2, -0.15) is 5.26 Å². The lowest BCUT2D eigenvalue weighted by Crippen LogP contribution is -2.00. The monoisotopic (exact) mass is 257 g/mol. The Morgan fingerprint density at radius 2 is 1.83 bits per heavy atom. The van der Waals surface area contributed by atoms with Crippen molar-refractivity contribution in [3.8, 4) is 17.2 Å². The number of halogens is 1. The molecule has 3 nitrogen and oxygen atoms in total. The van der Waals surface area contributed by atoms with Crippen LogP contribution < -0.4 is 0 Å². The Kier molecular flexibility index (Phi) is 3.31. The van der Waals surface area contributed by atoms with Crippen LogP contribution in [-0.2, 0) is 0 Å². The van der Waals surface area contributed by atoms with E-state index < -0.39 is 5.97 Å². The van der Waals surface area contributed by atoms with Crippen LogP contribution in [0.15, 0.2) is 42.5 Å². The molecule has 0 heterocycles. The maximum absolute atomic E-state index is 11.2. The van der Waals surface area contributed by atoms with Gasteiger partial charge >= 0.3 is 5.97 Å². The molecule has 2 rings (SSSR count). The molecule has 0 fully saturated rings. The van der Waals surface area contributed by atoms with Gasteiger partial charge in [0.1, 0.15) is 0 Å². The van der Waals surface area contributed by atoms with Gasteiger partial charge in [0.2, 0.25) is 0 Å². The predicted octanol–water partition coefficient (Wildman–Crippen LogP) is 3.58. The van der Waals surface area contributed by atoms with Gasteiger partial charge in [0.25, 0.3) is 0 Å². The summed E-state index contributed by atoms with van der Waals surface area (Å²) in [6.45, 7) is 0. The summed E-state index contributed by atoms with van der Waals surface area (Å²) < 4.78 is 0. The number of nitrogens with zero attached hydrogens (tertiary/aromatic N) is 1. The molecular weight excluding hydrogens is 250 g/mol. The zero-order chi connectivity index (χ0) is 13.1. The quantitative estimate of drug-likeness (QED) is 0.894. The van der Waals surface area contributed by atoms with Gasteiger partial charge in [-0.3, -0.25) is 0 Å². The molecule has 0 atom stereocenters. The number of carboxylic acid groups (broad SMARTS) is 1. The minimum absolute atomic E-state index is 0.0730. The van der Waals surface area contributed by atoms with Gasteiger partial charge in [-0.15, -0.1) is 0 Å². The average Bonchev–Trinajstić information content (AvgIpc) is 2.38. The van der Waals surface area contributed by atoms with Crippen molar-refractivity contribution in [2.45, 2.75) is 0 Å². The van der Waals surface area contributed by atoms with Crippen molar-refractivity contribution in [1.82, 2.24) is 0 Å². The predicted molar refractivity (Wildman–Crippen MR) is 68.6 cm³/mol. The molecule has 0 saturated carbocycles. The minimum atomic E-state index is -1.07. The van der Waals surface area contributed by atoms with Crippen molar-refractivity contribution in [3.05, 3.63) is 58.6 Å². The van der Waals surface area contributed by atoms with E-state index in [1.54, 1.807) is 36.4 Å². The number of carbonyl (C=O) groups is 1. The summed E-state index contributed by atoms with van der Waals surface area (Å²) in [4.78, 5) is 11.2. The third-order valence-corrected chi connectivity index (χ3v) is 2.87. The van der Waals surface area contributed by atoms with Crippen LogP contribution in [0.3, 0.4) is 0 Å². The molecule has 0 bridgehead atoms. The molecule has 0 aliphatic rings. The maximum atomic E-state index is 11.2. The second-order valence-corrected chi connectivity index (χ2v) is 4.06. The lowest BCUT2D eigenvalue weighted by Gasteiger charge is -2.07. The molecule has 0 aliphatic heterocycles. The van der Waals surface area contributed by atoms with Crippen molar-refractivity contribution in [3.63, 3.8) is 0 Å². The smallest absolute Gasteiger partial charge is 0.337 e. The molecule has 18 heavy (non-hydrogen) atoms. The Bertz CT molecular complexity index is 642. The van der Waals surface area contributed by atoms with Gasteiger partial charge in [0.15, 0.2) is 0 Å². The molecule has 88 valence electrons. The molecule has 0 amide bonds. The molecule has 0 radical (unpaired) electrons. The van der Waals surface area contributed by atoms with E-state index in [1.165, 1.54) is 6.07 Å². The Labute approximate surface area is 109 Å². The van der Waals surface area contributed by atoms with Crippen molar-refractivity contribution < 1.29 is 9.90 Å². The number of hydrogen-bond donors (Lipinski definition) is 1. The fraction of sp³-hybridized carbons (Fsp3) is 0. The number of benzene rings is 2. The van der Waals surface area contributed by atoms with Crippen LogP contribution in [0.2, 0.25) is 5.02 Å². The third kappa shape index (κ3) is 2.20. The number of hydrogen-bond acceptors (Lipinski definition) is 2. The molecule has 2 aromatic carbocycles. The van der Waals surface area contributed by atoms with Gasteiger partial charge in [0, 0.05) is 0 Å². The first-order valence-corrected chi connectivity index (χ1v) is 5.53. The highest BCUT2D eigenvalue weighted by molar-refractivity contribution is 6.34. The Balaban J connectivity index is 2.60. The van der Waals surface area contributed by atoms with E-state index in [0.717, 1.165) is 0 Å². The van der Waals surface area contributed by atoms with Crippen molar-refractivity contribution >= 4 is 17.6 Å². The number of nitriles is 1. The zero-order valence-electron chi connectivity index (χ0n) is 9.22. The van der Waals surface area contributed by atoms with E-state index in [9.17, 15) is 9.90 Å². The van der Waals surface area contributed by atoms with E-state index in [1.807, 2.05) is 6.07 Å². The highest BCUT2D eigenvalue weighted by atomic mass is 35.5. The average molecular weight is 258 g/mol. The molecule has 0 unspecified atom stereocenters. The minimum Gasteiger partial charge on any atom is -0.478 e. The molecule has 0 saturated heterocycles. The third-order valence-electron chi connectivity index (χ3n) is 2.55. The van der Waals surface area contributed by atoms with Gasteiger partial charge in [-0.25, -0.2) is 4.79 Å². The summed E-state index contributed by atoms with van der Waals surface area (Å²) in [5.41, 5.74) is 1.86. The van der Waals surface area contributed by atoms with E-state index in [-0.39, 0.29) is 10.6 Å². The molecule has 1 N–H and O–H groups in total. The van der Waals surface area contributed by atoms with Gasteiger partial charge in [0.05, 0.1) is 22.2 Å². The highest BCUT2D eigenvalue weighted by Crippen LogP contribution is 2.29. The van der Waals surface area contributed by atoms with Crippen LogP contribution in [0.4, 0.5) is 0 Å². The molecule has 0 spiro atoms. The van der Waals surface area contributed by atoms with Crippen LogP contribution in [-0.4, -0.2) is 11.1 Å². The Morgan fingerprint density at radius 3 is 2.39 bits per heavy atom. The van der Waals surface area contributed by atoms with Crippen LogP contribution in [0.5, 0.6) is 0 Å². The van der Waals surface area contributed by atoms with Crippen LogP contribution in [0.1, 0.15) is 15.9 Å². The first-order chi connectivity index (χ1) is 8.63. The second-order valence-electron chi connectivity index (χ2n) is 3.66. The zero-order valence-corrected chi connectivity index (χ0v) is 9.98. The summed E-state index contributed by atoms with van der Waals surface area (Å²) in [5.74, 6) is -1.07. The largest absolute Gasteiger partial charge is 0.478 e. The second kappa shape index (κ2) is 4.91. The van der Waals surface area contributed by atoms with E-state index >= 15 is 0 Å². The topological polar surface area (TPSA) is 61.1 Å². The summed E-state index contributed by atoms with van der Waals surface area (Å²) >= 11 is 5.90. The normalized spacial score (nSPS) is 9.78. The first kappa shape index (κ1) is 12.2. The van der Waals surface area contributed by atoms with Gasteiger partial charge in [-0.1, -0.05) is 35.9 Å². The van der Waals surface area contributed by atoms with Crippen molar-refractivity contribution in [1.29, 1.82) is 5.26 Å². The van der Waals surface area contributed by atoms with E-state index in [0.29, 0.717) is 16.7 Å². The lowest BCUT2D eigenvalue weighted by molar-refractivity contribution is 0.0698. The Morgan fingerprint density at radius 1 is 1.17 bits per heavy atom. The van der Waals surface area contributed by atoms with Crippen molar-refractivity contribution in [2.75, 3.05) is 0 Å². The highest BCUT2D eigenvalue weighted by Gasteiger charge is 2.15. The van der Waals surface area contributed by atoms with Gasteiger partial charge in [-0.05, 0) is 29.3 Å². The molecule has 2 aromatic rings. The van der Waals surface area contributed by atoms with Crippen LogP contribution >= 0.6 is 11.6 Å². The van der Waals surface area contributed by atoms with E-state index in [2.05, 4.69) is 0 Å². The summed E-state index contributed by atoms with van der Waals surface area (Å²) in [7, 11) is 0. The fourth-order valence-electron chi connectivity index (χ4n) is 1.71. The Hall–Kier alpha value is -2.31. The van der Waals surface area contributed by atoms with Crippen molar-refractivity contribution in [2.24, 2.45) is 0 Å². The van der Waals surface area contributed by atoms with Crippen LogP contribution in [0, 0.1) is 11.3 Å². The summed E-state index contributed by atoms with van der Waals surface area (Å²) in [5, 5.41) is 18.1. The molecule has 0 aromatic heterocycles. The standard InChI is InChI=1S/C14H8ClNO2/c15-12-3-1-2-11(13(12)14(17)18)10-6-4-9(8-16)5-7-10/h1-7H,(H,17,18). The lowest BCUT2D eigenvalue weighted by atomic mass is 9.99. The van der Waals surface area contributed by atoms with Crippen LogP contribution in [0.25, 0.3) is 11.1 Å². The van der Waals surface area contributed by atoms with E-state index in [4.69, 9.17) is 16.9 Å². The fourth-order valence-corrected chi connectivity index (χ4v) is 1.96. The number of rotatable bonds is 2. The molecule has 4 heteroatoms. The molecule has 0 aliphatic carbocycles. The number of aromatic carboxylic acids is 1. The number of carboxylic acids is 1. The SMILES string of the molecule is N#Cc1ccc(-c2cccc(Cl)c2C(=O)O)cc1. The first-order valence-electron chi connectivity index (χ1n) is 5.16. The van der Waals surface area contributed by atoms with Gasteiger partial charge < -0.3 is 5.11 Å². The summed E-state index contributed by atoms with van der Waals surface area (Å²) in [6, 6.07) is 13.6. The molecular formula is C14H8ClNO2.